The monoisotopic (exact) mass is 486 g/mol. The van der Waals surface area contributed by atoms with Gasteiger partial charge in [0.05, 0.1) is 0 Å². The van der Waals surface area contributed by atoms with Gasteiger partial charge in [0.1, 0.15) is 0 Å². The average Bonchev–Trinajstić information content (AvgIpc) is 2.95. The van der Waals surface area contributed by atoms with Crippen LogP contribution in [0.1, 0.15) is 26.3 Å². The predicted molar refractivity (Wildman–Crippen MR) is 166 cm³/mol. The Morgan fingerprint density at radius 3 is 1.50 bits per heavy atom. The van der Waals surface area contributed by atoms with Gasteiger partial charge in [-0.1, -0.05) is 148 Å². The molecular formula is C38H30. The molecule has 7 rings (SSSR count). The van der Waals surface area contributed by atoms with Crippen LogP contribution in [0.15, 0.2) is 127 Å². The van der Waals surface area contributed by atoms with E-state index in [0.717, 1.165) is 0 Å². The Balaban J connectivity index is 1.59. The first kappa shape index (κ1) is 22.8. The highest BCUT2D eigenvalue weighted by atomic mass is 14.2. The van der Waals surface area contributed by atoms with E-state index in [0.29, 0.717) is 0 Å². The van der Waals surface area contributed by atoms with Crippen molar-refractivity contribution in [1.29, 1.82) is 0 Å². The fourth-order valence-electron chi connectivity index (χ4n) is 6.12. The van der Waals surface area contributed by atoms with Gasteiger partial charge in [-0.05, 0) is 76.3 Å². The molecule has 0 aliphatic heterocycles. The predicted octanol–water partition coefficient (Wildman–Crippen LogP) is 10.9. The lowest BCUT2D eigenvalue weighted by molar-refractivity contribution is 0.590. The van der Waals surface area contributed by atoms with E-state index in [2.05, 4.69) is 148 Å². The third-order valence-corrected chi connectivity index (χ3v) is 8.03. The molecule has 0 heterocycles. The quantitative estimate of drug-likeness (QED) is 0.168. The summed E-state index contributed by atoms with van der Waals surface area (Å²) in [6, 6.07) is 47.1. The maximum atomic E-state index is 2.30. The van der Waals surface area contributed by atoms with Gasteiger partial charge in [-0.15, -0.1) is 0 Å². The highest BCUT2D eigenvalue weighted by molar-refractivity contribution is 6.24. The molecule has 0 aliphatic carbocycles. The number of rotatable bonds is 2. The molecule has 0 unspecified atom stereocenters. The number of hydrogen-bond donors (Lipinski definition) is 0. The number of fused-ring (bicyclic) bond motifs is 5. The molecule has 0 radical (unpaired) electrons. The van der Waals surface area contributed by atoms with Crippen molar-refractivity contribution in [3.05, 3.63) is 133 Å². The zero-order valence-electron chi connectivity index (χ0n) is 22.1. The van der Waals surface area contributed by atoms with Crippen LogP contribution in [-0.2, 0) is 5.41 Å². The standard InChI is InChI=1S/C38H30/c1-38(2,3)27-22-19-26(20-23-27)36-32-13-6-8-15-34(32)37(35-16-9-7-14-33(35)36)31-18-10-17-29-28-12-5-4-11-25(28)21-24-30(29)31/h4-24H,1-3H3. The topological polar surface area (TPSA) is 0 Å². The van der Waals surface area contributed by atoms with Crippen molar-refractivity contribution >= 4 is 43.1 Å². The maximum absolute atomic E-state index is 2.30. The molecule has 182 valence electrons. The lowest BCUT2D eigenvalue weighted by atomic mass is 9.83. The van der Waals surface area contributed by atoms with E-state index >= 15 is 0 Å². The summed E-state index contributed by atoms with van der Waals surface area (Å²) in [6.07, 6.45) is 0. The molecule has 0 nitrogen and oxygen atoms in total. The summed E-state index contributed by atoms with van der Waals surface area (Å²) in [5.41, 5.74) is 6.66. The van der Waals surface area contributed by atoms with Crippen LogP contribution >= 0.6 is 0 Å². The first-order valence-corrected chi connectivity index (χ1v) is 13.5. The summed E-state index contributed by atoms with van der Waals surface area (Å²) in [7, 11) is 0. The summed E-state index contributed by atoms with van der Waals surface area (Å²) in [6.45, 7) is 6.82. The minimum absolute atomic E-state index is 0.130. The van der Waals surface area contributed by atoms with Crippen LogP contribution in [0.4, 0.5) is 0 Å². The van der Waals surface area contributed by atoms with E-state index in [1.54, 1.807) is 0 Å². The SMILES string of the molecule is CC(C)(C)c1ccc(-c2c3ccccc3c(-c3cccc4c3ccc3ccccc34)c3ccccc23)cc1. The molecule has 0 aliphatic rings. The molecule has 0 amide bonds. The van der Waals surface area contributed by atoms with Crippen molar-refractivity contribution in [2.75, 3.05) is 0 Å². The highest BCUT2D eigenvalue weighted by Crippen LogP contribution is 2.45. The molecule has 0 spiro atoms. The van der Waals surface area contributed by atoms with Crippen molar-refractivity contribution in [2.24, 2.45) is 0 Å². The van der Waals surface area contributed by atoms with Crippen molar-refractivity contribution in [2.45, 2.75) is 26.2 Å². The molecule has 0 fully saturated rings. The largest absolute Gasteiger partial charge is 0.0616 e. The van der Waals surface area contributed by atoms with Gasteiger partial charge < -0.3 is 0 Å². The Labute approximate surface area is 224 Å². The summed E-state index contributed by atoms with van der Waals surface area (Å²) < 4.78 is 0. The molecule has 0 atom stereocenters. The summed E-state index contributed by atoms with van der Waals surface area (Å²) in [5.74, 6) is 0. The van der Waals surface area contributed by atoms with E-state index in [-0.39, 0.29) is 5.41 Å². The second-order valence-corrected chi connectivity index (χ2v) is 11.4. The van der Waals surface area contributed by atoms with Gasteiger partial charge in [0.25, 0.3) is 0 Å². The number of benzene rings is 7. The van der Waals surface area contributed by atoms with Crippen LogP contribution < -0.4 is 0 Å². The van der Waals surface area contributed by atoms with E-state index < -0.39 is 0 Å². The second-order valence-electron chi connectivity index (χ2n) is 11.4. The molecule has 0 bridgehead atoms. The van der Waals surface area contributed by atoms with E-state index in [1.165, 1.54) is 70.9 Å². The first-order chi connectivity index (χ1) is 18.5. The molecule has 0 heteroatoms. The van der Waals surface area contributed by atoms with Crippen molar-refractivity contribution in [1.82, 2.24) is 0 Å². The molecule has 38 heavy (non-hydrogen) atoms. The van der Waals surface area contributed by atoms with Crippen LogP contribution in [0.5, 0.6) is 0 Å². The summed E-state index contributed by atoms with van der Waals surface area (Å²) in [4.78, 5) is 0. The Bertz CT molecular complexity index is 1930. The van der Waals surface area contributed by atoms with Gasteiger partial charge in [0.2, 0.25) is 0 Å². The van der Waals surface area contributed by atoms with E-state index in [1.807, 2.05) is 0 Å². The normalized spacial score (nSPS) is 12.1. The second kappa shape index (κ2) is 8.57. The molecule has 0 N–H and O–H groups in total. The fourth-order valence-corrected chi connectivity index (χ4v) is 6.12. The first-order valence-electron chi connectivity index (χ1n) is 13.5. The van der Waals surface area contributed by atoms with Gasteiger partial charge in [-0.2, -0.15) is 0 Å². The smallest absolute Gasteiger partial charge is 0.00201 e. The zero-order valence-corrected chi connectivity index (χ0v) is 22.1. The van der Waals surface area contributed by atoms with Crippen molar-refractivity contribution in [3.8, 4) is 22.3 Å². The van der Waals surface area contributed by atoms with Crippen LogP contribution in [-0.4, -0.2) is 0 Å². The van der Waals surface area contributed by atoms with Gasteiger partial charge >= 0.3 is 0 Å². The Kier molecular flexibility index (Phi) is 5.13. The van der Waals surface area contributed by atoms with Gasteiger partial charge in [-0.3, -0.25) is 0 Å². The van der Waals surface area contributed by atoms with Crippen LogP contribution in [0.3, 0.4) is 0 Å². The lowest BCUT2D eigenvalue weighted by Gasteiger charge is -2.21. The molecule has 7 aromatic carbocycles. The van der Waals surface area contributed by atoms with Gasteiger partial charge in [0, 0.05) is 0 Å². The maximum Gasteiger partial charge on any atom is -0.00201 e. The molecule has 0 saturated heterocycles. The van der Waals surface area contributed by atoms with E-state index in [4.69, 9.17) is 0 Å². The van der Waals surface area contributed by atoms with Crippen LogP contribution in [0, 0.1) is 0 Å². The lowest BCUT2D eigenvalue weighted by Crippen LogP contribution is -2.10. The Morgan fingerprint density at radius 2 is 0.895 bits per heavy atom. The zero-order chi connectivity index (χ0) is 25.9. The van der Waals surface area contributed by atoms with Gasteiger partial charge in [0.15, 0.2) is 0 Å². The number of hydrogen-bond acceptors (Lipinski definition) is 0. The minimum atomic E-state index is 0.130. The van der Waals surface area contributed by atoms with Crippen molar-refractivity contribution in [3.63, 3.8) is 0 Å². The molecular weight excluding hydrogens is 456 g/mol. The van der Waals surface area contributed by atoms with Crippen molar-refractivity contribution < 1.29 is 0 Å². The third-order valence-electron chi connectivity index (χ3n) is 8.03. The Morgan fingerprint density at radius 1 is 0.368 bits per heavy atom. The van der Waals surface area contributed by atoms with E-state index in [9.17, 15) is 0 Å². The molecule has 0 saturated carbocycles. The van der Waals surface area contributed by atoms with Gasteiger partial charge in [-0.25, -0.2) is 0 Å². The highest BCUT2D eigenvalue weighted by Gasteiger charge is 2.19. The molecule has 0 aromatic heterocycles. The fraction of sp³-hybridized carbons (Fsp3) is 0.105. The third kappa shape index (κ3) is 3.52. The Hall–Kier alpha value is -4.42. The molecule has 7 aromatic rings. The van der Waals surface area contributed by atoms with Crippen LogP contribution in [0.2, 0.25) is 0 Å². The summed E-state index contributed by atoms with van der Waals surface area (Å²) in [5, 5.41) is 10.4. The average molecular weight is 487 g/mol. The minimum Gasteiger partial charge on any atom is -0.0616 e. The van der Waals surface area contributed by atoms with Crippen LogP contribution in [0.25, 0.3) is 65.3 Å². The summed E-state index contributed by atoms with van der Waals surface area (Å²) >= 11 is 0.